The summed E-state index contributed by atoms with van der Waals surface area (Å²) in [7, 11) is -6.26. The molecule has 0 saturated heterocycles. The fourth-order valence-corrected chi connectivity index (χ4v) is 17.5. The van der Waals surface area contributed by atoms with Crippen LogP contribution < -0.4 is 11.1 Å². The van der Waals surface area contributed by atoms with Crippen molar-refractivity contribution in [3.8, 4) is 0 Å². The van der Waals surface area contributed by atoms with Crippen LogP contribution in [0.25, 0.3) is 0 Å². The van der Waals surface area contributed by atoms with Gasteiger partial charge in [-0.1, -0.05) is 6.55 Å². The average Bonchev–Trinajstić information content (AvgIpc) is 2.24. The van der Waals surface area contributed by atoms with Crippen LogP contribution in [-0.2, 0) is 12.3 Å². The van der Waals surface area contributed by atoms with Crippen LogP contribution in [0.3, 0.4) is 0 Å². The highest BCUT2D eigenvalue weighted by atomic mass is 28.5. The van der Waals surface area contributed by atoms with Crippen molar-refractivity contribution < 1.29 is 12.3 Å². The van der Waals surface area contributed by atoms with E-state index in [1.54, 1.807) is 0 Å². The quantitative estimate of drug-likeness (QED) is 0.405. The number of hydrogen-bond donors (Lipinski definition) is 2. The molecule has 3 N–H and O–H groups in total. The van der Waals surface area contributed by atoms with E-state index in [9.17, 15) is 0 Å². The van der Waals surface area contributed by atoms with E-state index in [0.717, 1.165) is 25.6 Å². The summed E-state index contributed by atoms with van der Waals surface area (Å²) in [5, 5.41) is 3.34. The molecule has 0 heterocycles. The van der Waals surface area contributed by atoms with Gasteiger partial charge < -0.3 is 23.4 Å². The van der Waals surface area contributed by atoms with Gasteiger partial charge in [0.2, 0.25) is 0 Å². The Morgan fingerprint density at radius 1 is 1.00 bits per heavy atom. The summed E-state index contributed by atoms with van der Waals surface area (Å²) in [6, 6.07) is 1.01. The zero-order valence-electron chi connectivity index (χ0n) is 15.0. The Morgan fingerprint density at radius 2 is 1.62 bits per heavy atom. The van der Waals surface area contributed by atoms with E-state index in [1.165, 1.54) is 0 Å². The molecule has 1 atom stereocenters. The Labute approximate surface area is 136 Å². The van der Waals surface area contributed by atoms with E-state index < -0.39 is 35.2 Å². The van der Waals surface area contributed by atoms with Gasteiger partial charge in [-0.05, 0) is 58.3 Å². The molecule has 0 bridgehead atoms. The van der Waals surface area contributed by atoms with E-state index in [2.05, 4.69) is 51.1 Å². The lowest BCUT2D eigenvalue weighted by atomic mass is 10.5. The molecule has 21 heavy (non-hydrogen) atoms. The van der Waals surface area contributed by atoms with E-state index in [-0.39, 0.29) is 0 Å². The summed E-state index contributed by atoms with van der Waals surface area (Å²) in [5.74, 6) is 0. The minimum atomic E-state index is -2.17. The number of hydrogen-bond acceptors (Lipinski definition) is 5. The Hall–Kier alpha value is 0.668. The number of nitrogens with two attached hydrogens (primary N) is 1. The van der Waals surface area contributed by atoms with Crippen LogP contribution in [0.5, 0.6) is 0 Å². The van der Waals surface area contributed by atoms with Gasteiger partial charge in [0, 0.05) is 13.1 Å². The third kappa shape index (κ3) is 11.8. The zero-order valence-corrected chi connectivity index (χ0v) is 19.5. The van der Waals surface area contributed by atoms with Gasteiger partial charge in [-0.25, -0.2) is 0 Å². The second-order valence-corrected chi connectivity index (χ2v) is 20.1. The molecule has 1 unspecified atom stereocenters. The first-order chi connectivity index (χ1) is 9.54. The van der Waals surface area contributed by atoms with Crippen LogP contribution in [0.2, 0.25) is 51.9 Å². The van der Waals surface area contributed by atoms with Crippen LogP contribution in [-0.4, -0.2) is 54.8 Å². The van der Waals surface area contributed by atoms with Crippen molar-refractivity contribution >= 4 is 35.2 Å². The van der Waals surface area contributed by atoms with Gasteiger partial charge in [-0.15, -0.1) is 0 Å². The van der Waals surface area contributed by atoms with Gasteiger partial charge in [0.15, 0.2) is 8.32 Å². The van der Waals surface area contributed by atoms with Gasteiger partial charge in [0.1, 0.15) is 9.76 Å². The molecular formula is C12H36N2O3Si4. The van der Waals surface area contributed by atoms with Crippen molar-refractivity contribution in [3.05, 3.63) is 0 Å². The van der Waals surface area contributed by atoms with E-state index in [0.29, 0.717) is 6.54 Å². The first kappa shape index (κ1) is 21.7. The van der Waals surface area contributed by atoms with Crippen LogP contribution in [0.15, 0.2) is 0 Å². The molecule has 0 radical (unpaired) electrons. The van der Waals surface area contributed by atoms with Gasteiger partial charge in [-0.3, -0.25) is 0 Å². The zero-order chi connectivity index (χ0) is 16.6. The topological polar surface area (TPSA) is 65.7 Å². The maximum absolute atomic E-state index is 6.50. The highest BCUT2D eigenvalue weighted by Gasteiger charge is 2.42. The highest BCUT2D eigenvalue weighted by molar-refractivity contribution is 6.87. The molecule has 0 saturated carbocycles. The summed E-state index contributed by atoms with van der Waals surface area (Å²) < 4.78 is 19.0. The molecule has 0 aromatic rings. The fourth-order valence-electron chi connectivity index (χ4n) is 2.43. The number of rotatable bonds is 12. The summed E-state index contributed by atoms with van der Waals surface area (Å²) in [5.41, 5.74) is 5.49. The molecule has 0 rings (SSSR count). The minimum Gasteiger partial charge on any atom is -0.442 e. The lowest BCUT2D eigenvalue weighted by Gasteiger charge is -2.39. The first-order valence-electron chi connectivity index (χ1n) is 7.99. The summed E-state index contributed by atoms with van der Waals surface area (Å²) in [6.07, 6.45) is 1.07. The second-order valence-electron chi connectivity index (χ2n) is 6.93. The van der Waals surface area contributed by atoms with Crippen molar-refractivity contribution in [1.82, 2.24) is 5.32 Å². The normalized spacial score (nSPS) is 16.6. The van der Waals surface area contributed by atoms with E-state index >= 15 is 0 Å². The Balaban J connectivity index is 4.61. The largest absolute Gasteiger partial charge is 0.442 e. The molecule has 0 aromatic heterocycles. The Morgan fingerprint density at radius 3 is 2.10 bits per heavy atom. The molecule has 0 fully saturated rings. The van der Waals surface area contributed by atoms with Crippen molar-refractivity contribution in [2.24, 2.45) is 5.73 Å². The summed E-state index contributed by atoms with van der Waals surface area (Å²) >= 11 is 0. The molecule has 0 amide bonds. The van der Waals surface area contributed by atoms with Gasteiger partial charge in [-0.2, -0.15) is 0 Å². The molecule has 5 nitrogen and oxygen atoms in total. The third-order valence-corrected chi connectivity index (χ3v) is 15.8. The molecule has 0 aromatic carbocycles. The number of nitrogens with one attached hydrogen (secondary N) is 1. The standard InChI is InChI=1S/C12H36N2O3Si4/c1-18-15-20(5,6)17-21(7,16-19(2,3)4)12-8-10-14-11-9-13/h14H,8-13,18H2,1-7H3. The molecule has 128 valence electrons. The predicted octanol–water partition coefficient (Wildman–Crippen LogP) is 1.72. The Kier molecular flexibility index (Phi) is 10.0. The molecule has 0 aliphatic heterocycles. The maximum Gasteiger partial charge on any atom is 0.315 e. The molecule has 0 aliphatic rings. The monoisotopic (exact) mass is 368 g/mol. The molecular weight excluding hydrogens is 332 g/mol. The predicted molar refractivity (Wildman–Crippen MR) is 101 cm³/mol. The van der Waals surface area contributed by atoms with Crippen LogP contribution in [0, 0.1) is 0 Å². The van der Waals surface area contributed by atoms with Gasteiger partial charge in [0.05, 0.1) is 0 Å². The highest BCUT2D eigenvalue weighted by Crippen LogP contribution is 2.25. The SMILES string of the molecule is C[SiH2]O[Si](C)(C)O[Si](C)(CCCNCCN)O[Si](C)(C)C. The summed E-state index contributed by atoms with van der Waals surface area (Å²) in [6.45, 7) is 17.9. The van der Waals surface area contributed by atoms with Crippen molar-refractivity contribution in [2.75, 3.05) is 19.6 Å². The molecule has 0 aliphatic carbocycles. The second kappa shape index (κ2) is 9.73. The minimum absolute atomic E-state index is 0.443. The average molecular weight is 369 g/mol. The molecule has 0 spiro atoms. The van der Waals surface area contributed by atoms with Crippen molar-refractivity contribution in [2.45, 2.75) is 58.3 Å². The maximum atomic E-state index is 6.50. The first-order valence-corrected chi connectivity index (χ1v) is 18.7. The van der Waals surface area contributed by atoms with Crippen LogP contribution >= 0.6 is 0 Å². The Bertz CT molecular complexity index is 290. The van der Waals surface area contributed by atoms with Gasteiger partial charge >= 0.3 is 17.1 Å². The van der Waals surface area contributed by atoms with Gasteiger partial charge in [0.25, 0.3) is 0 Å². The van der Waals surface area contributed by atoms with E-state index in [1.807, 2.05) is 0 Å². The lowest BCUT2D eigenvalue weighted by molar-refractivity contribution is 0.329. The lowest BCUT2D eigenvalue weighted by Crippen LogP contribution is -2.54. The van der Waals surface area contributed by atoms with Crippen molar-refractivity contribution in [1.29, 1.82) is 0 Å². The van der Waals surface area contributed by atoms with Crippen LogP contribution in [0.1, 0.15) is 6.42 Å². The third-order valence-electron chi connectivity index (χ3n) is 2.78. The smallest absolute Gasteiger partial charge is 0.315 e. The van der Waals surface area contributed by atoms with E-state index in [4.69, 9.17) is 18.1 Å². The van der Waals surface area contributed by atoms with Crippen molar-refractivity contribution in [3.63, 3.8) is 0 Å². The summed E-state index contributed by atoms with van der Waals surface area (Å²) in [4.78, 5) is 0. The van der Waals surface area contributed by atoms with Crippen LogP contribution in [0.4, 0.5) is 0 Å². The fraction of sp³-hybridized carbons (Fsp3) is 1.00. The molecule has 9 heteroatoms.